The molecule has 1 aromatic rings. The third kappa shape index (κ3) is 2.70. The standard InChI is InChI=1S/C14H18FNO2/c1-2-9-6-7-10(8-12(9)15)16-14(18)11-4-3-5-13(11)17/h6-8,11,13,17H,2-5H2,1H3,(H,16,18). The van der Waals surface area contributed by atoms with E-state index in [2.05, 4.69) is 5.32 Å². The van der Waals surface area contributed by atoms with E-state index in [1.165, 1.54) is 6.07 Å². The second-order valence-corrected chi connectivity index (χ2v) is 4.75. The fourth-order valence-electron chi connectivity index (χ4n) is 2.39. The van der Waals surface area contributed by atoms with Crippen molar-refractivity contribution in [3.05, 3.63) is 29.6 Å². The normalized spacial score (nSPS) is 23.1. The average molecular weight is 251 g/mol. The van der Waals surface area contributed by atoms with E-state index in [0.29, 0.717) is 30.5 Å². The molecule has 98 valence electrons. The largest absolute Gasteiger partial charge is 0.392 e. The van der Waals surface area contributed by atoms with Gasteiger partial charge in [-0.25, -0.2) is 4.39 Å². The van der Waals surface area contributed by atoms with Crippen molar-refractivity contribution in [1.29, 1.82) is 0 Å². The van der Waals surface area contributed by atoms with Crippen LogP contribution in [0, 0.1) is 11.7 Å². The summed E-state index contributed by atoms with van der Waals surface area (Å²) in [6.07, 6.45) is 2.29. The van der Waals surface area contributed by atoms with E-state index in [-0.39, 0.29) is 17.6 Å². The van der Waals surface area contributed by atoms with Crippen molar-refractivity contribution in [2.24, 2.45) is 5.92 Å². The molecule has 4 heteroatoms. The molecule has 0 saturated heterocycles. The van der Waals surface area contributed by atoms with Gasteiger partial charge in [0.15, 0.2) is 0 Å². The van der Waals surface area contributed by atoms with Gasteiger partial charge in [0.1, 0.15) is 5.82 Å². The molecule has 1 aromatic carbocycles. The third-order valence-corrected chi connectivity index (χ3v) is 3.52. The summed E-state index contributed by atoms with van der Waals surface area (Å²) in [5, 5.41) is 12.3. The maximum Gasteiger partial charge on any atom is 0.230 e. The predicted octanol–water partition coefficient (Wildman–Crippen LogP) is 2.49. The van der Waals surface area contributed by atoms with Gasteiger partial charge in [0, 0.05) is 5.69 Å². The molecule has 1 amide bonds. The zero-order valence-electron chi connectivity index (χ0n) is 10.4. The van der Waals surface area contributed by atoms with Crippen LogP contribution in [0.25, 0.3) is 0 Å². The predicted molar refractivity (Wildman–Crippen MR) is 67.8 cm³/mol. The van der Waals surface area contributed by atoms with Crippen molar-refractivity contribution in [2.45, 2.75) is 38.7 Å². The molecule has 0 aliphatic heterocycles. The highest BCUT2D eigenvalue weighted by atomic mass is 19.1. The Bertz CT molecular complexity index is 447. The minimum absolute atomic E-state index is 0.219. The molecule has 18 heavy (non-hydrogen) atoms. The number of aliphatic hydroxyl groups excluding tert-OH is 1. The zero-order chi connectivity index (χ0) is 13.1. The van der Waals surface area contributed by atoms with E-state index in [1.54, 1.807) is 12.1 Å². The Morgan fingerprint density at radius 3 is 2.83 bits per heavy atom. The first-order valence-corrected chi connectivity index (χ1v) is 6.39. The maximum atomic E-state index is 13.6. The van der Waals surface area contributed by atoms with Gasteiger partial charge >= 0.3 is 0 Å². The molecule has 1 fully saturated rings. The Morgan fingerprint density at radius 2 is 2.28 bits per heavy atom. The van der Waals surface area contributed by atoms with Gasteiger partial charge in [-0.1, -0.05) is 13.0 Å². The van der Waals surface area contributed by atoms with E-state index in [9.17, 15) is 14.3 Å². The van der Waals surface area contributed by atoms with Crippen molar-refractivity contribution in [2.75, 3.05) is 5.32 Å². The highest BCUT2D eigenvalue weighted by molar-refractivity contribution is 5.93. The Hall–Kier alpha value is -1.42. The molecule has 2 unspecified atom stereocenters. The van der Waals surface area contributed by atoms with Crippen LogP contribution in [0.1, 0.15) is 31.7 Å². The molecule has 1 aliphatic rings. The van der Waals surface area contributed by atoms with Crippen molar-refractivity contribution < 1.29 is 14.3 Å². The fraction of sp³-hybridized carbons (Fsp3) is 0.500. The van der Waals surface area contributed by atoms with Crippen LogP contribution in [0.5, 0.6) is 0 Å². The summed E-state index contributed by atoms with van der Waals surface area (Å²) in [7, 11) is 0. The van der Waals surface area contributed by atoms with Crippen LogP contribution in [0.4, 0.5) is 10.1 Å². The number of carbonyl (C=O) groups is 1. The van der Waals surface area contributed by atoms with Gasteiger partial charge in [-0.2, -0.15) is 0 Å². The number of aryl methyl sites for hydroxylation is 1. The van der Waals surface area contributed by atoms with Crippen molar-refractivity contribution in [3.8, 4) is 0 Å². The fourth-order valence-corrected chi connectivity index (χ4v) is 2.39. The molecule has 0 heterocycles. The molecular formula is C14H18FNO2. The lowest BCUT2D eigenvalue weighted by atomic mass is 10.0. The van der Waals surface area contributed by atoms with Crippen molar-refractivity contribution >= 4 is 11.6 Å². The van der Waals surface area contributed by atoms with Gasteiger partial charge in [-0.15, -0.1) is 0 Å². The molecule has 2 atom stereocenters. The molecular weight excluding hydrogens is 233 g/mol. The van der Waals surface area contributed by atoms with Gasteiger partial charge in [-0.05, 0) is 43.4 Å². The Balaban J connectivity index is 2.05. The summed E-state index contributed by atoms with van der Waals surface area (Å²) < 4.78 is 13.6. The lowest BCUT2D eigenvalue weighted by molar-refractivity contribution is -0.122. The smallest absolute Gasteiger partial charge is 0.230 e. The summed E-state index contributed by atoms with van der Waals surface area (Å²) in [5.74, 6) is -0.884. The highest BCUT2D eigenvalue weighted by Crippen LogP contribution is 2.27. The van der Waals surface area contributed by atoms with E-state index >= 15 is 0 Å². The summed E-state index contributed by atoms with van der Waals surface area (Å²) in [5.41, 5.74) is 1.09. The Morgan fingerprint density at radius 1 is 1.50 bits per heavy atom. The number of hydrogen-bond acceptors (Lipinski definition) is 2. The first-order valence-electron chi connectivity index (χ1n) is 6.39. The molecule has 2 N–H and O–H groups in total. The molecule has 2 rings (SSSR count). The quantitative estimate of drug-likeness (QED) is 0.867. The summed E-state index contributed by atoms with van der Waals surface area (Å²) in [6.45, 7) is 1.88. The first kappa shape index (κ1) is 13.0. The minimum atomic E-state index is -0.565. The van der Waals surface area contributed by atoms with Crippen LogP contribution >= 0.6 is 0 Å². The van der Waals surface area contributed by atoms with Crippen LogP contribution in [-0.4, -0.2) is 17.1 Å². The van der Waals surface area contributed by atoms with E-state index < -0.39 is 6.10 Å². The van der Waals surface area contributed by atoms with Crippen molar-refractivity contribution in [1.82, 2.24) is 0 Å². The highest BCUT2D eigenvalue weighted by Gasteiger charge is 2.31. The van der Waals surface area contributed by atoms with Crippen molar-refractivity contribution in [3.63, 3.8) is 0 Å². The topological polar surface area (TPSA) is 49.3 Å². The lowest BCUT2D eigenvalue weighted by Gasteiger charge is -2.14. The number of halogens is 1. The summed E-state index contributed by atoms with van der Waals surface area (Å²) >= 11 is 0. The molecule has 0 aromatic heterocycles. The number of rotatable bonds is 3. The van der Waals surface area contributed by atoms with Gasteiger partial charge < -0.3 is 10.4 Å². The van der Waals surface area contributed by atoms with Gasteiger partial charge in [0.05, 0.1) is 12.0 Å². The average Bonchev–Trinajstić information content (AvgIpc) is 2.76. The van der Waals surface area contributed by atoms with Gasteiger partial charge in [-0.3, -0.25) is 4.79 Å². The SMILES string of the molecule is CCc1ccc(NC(=O)C2CCCC2O)cc1F. The third-order valence-electron chi connectivity index (χ3n) is 3.52. The van der Waals surface area contributed by atoms with Gasteiger partial charge in [0.25, 0.3) is 0 Å². The van der Waals surface area contributed by atoms with E-state index in [4.69, 9.17) is 0 Å². The lowest BCUT2D eigenvalue weighted by Crippen LogP contribution is -2.28. The van der Waals surface area contributed by atoms with Crippen LogP contribution in [0.3, 0.4) is 0 Å². The number of amides is 1. The molecule has 3 nitrogen and oxygen atoms in total. The number of hydrogen-bond donors (Lipinski definition) is 2. The monoisotopic (exact) mass is 251 g/mol. The van der Waals surface area contributed by atoms with Crippen LogP contribution in [0.15, 0.2) is 18.2 Å². The number of anilines is 1. The first-order chi connectivity index (χ1) is 8.61. The summed E-state index contributed by atoms with van der Waals surface area (Å²) in [4.78, 5) is 11.9. The molecule has 1 saturated carbocycles. The number of nitrogens with one attached hydrogen (secondary N) is 1. The summed E-state index contributed by atoms with van der Waals surface area (Å²) in [6, 6.07) is 4.70. The second-order valence-electron chi connectivity index (χ2n) is 4.75. The Kier molecular flexibility index (Phi) is 3.97. The molecule has 0 spiro atoms. The van der Waals surface area contributed by atoms with E-state index in [1.807, 2.05) is 6.92 Å². The van der Waals surface area contributed by atoms with E-state index in [0.717, 1.165) is 6.42 Å². The zero-order valence-corrected chi connectivity index (χ0v) is 10.4. The molecule has 1 aliphatic carbocycles. The minimum Gasteiger partial charge on any atom is -0.392 e. The van der Waals surface area contributed by atoms with Crippen LogP contribution in [-0.2, 0) is 11.2 Å². The maximum absolute atomic E-state index is 13.6. The second kappa shape index (κ2) is 5.48. The van der Waals surface area contributed by atoms with Crippen LogP contribution < -0.4 is 5.32 Å². The molecule has 0 bridgehead atoms. The number of carbonyl (C=O) groups excluding carboxylic acids is 1. The van der Waals surface area contributed by atoms with Gasteiger partial charge in [0.2, 0.25) is 5.91 Å². The van der Waals surface area contributed by atoms with Crippen LogP contribution in [0.2, 0.25) is 0 Å². The molecule has 0 radical (unpaired) electrons. The number of aliphatic hydroxyl groups is 1. The Labute approximate surface area is 106 Å². The number of benzene rings is 1.